The summed E-state index contributed by atoms with van der Waals surface area (Å²) < 4.78 is 7.86. The van der Waals surface area contributed by atoms with Crippen molar-refractivity contribution in [2.75, 3.05) is 19.7 Å². The fourth-order valence-corrected chi connectivity index (χ4v) is 2.81. The van der Waals surface area contributed by atoms with Gasteiger partial charge in [0.25, 0.3) is 0 Å². The second-order valence-electron chi connectivity index (χ2n) is 5.69. The number of nitrogens with zero attached hydrogens (tertiary/aromatic N) is 4. The fraction of sp³-hybridized carbons (Fsp3) is 0.500. The van der Waals surface area contributed by atoms with Crippen LogP contribution in [0.3, 0.4) is 0 Å². The van der Waals surface area contributed by atoms with E-state index in [1.165, 1.54) is 11.1 Å². The van der Waals surface area contributed by atoms with Crippen molar-refractivity contribution in [1.29, 1.82) is 0 Å². The third kappa shape index (κ3) is 3.49. The summed E-state index contributed by atoms with van der Waals surface area (Å²) in [5, 5.41) is 4.35. The van der Waals surface area contributed by atoms with Gasteiger partial charge in [0.05, 0.1) is 25.5 Å². The van der Waals surface area contributed by atoms with Crippen LogP contribution in [0, 0.1) is 6.92 Å². The van der Waals surface area contributed by atoms with Crippen molar-refractivity contribution in [2.45, 2.75) is 32.5 Å². The third-order valence-corrected chi connectivity index (χ3v) is 4.04. The largest absolute Gasteiger partial charge is 0.374 e. The predicted molar refractivity (Wildman–Crippen MR) is 80.9 cm³/mol. The van der Waals surface area contributed by atoms with Crippen molar-refractivity contribution < 1.29 is 4.74 Å². The van der Waals surface area contributed by atoms with Gasteiger partial charge in [-0.1, -0.05) is 6.07 Å². The van der Waals surface area contributed by atoms with E-state index in [0.717, 1.165) is 26.2 Å². The Morgan fingerprint density at radius 2 is 2.33 bits per heavy atom. The first-order chi connectivity index (χ1) is 10.2. The maximum absolute atomic E-state index is 5.89. The highest BCUT2D eigenvalue weighted by Crippen LogP contribution is 2.22. The number of aromatic nitrogens is 3. The summed E-state index contributed by atoms with van der Waals surface area (Å²) in [6, 6.07) is 4.50. The summed E-state index contributed by atoms with van der Waals surface area (Å²) in [7, 11) is 0. The lowest BCUT2D eigenvalue weighted by Crippen LogP contribution is -2.45. The zero-order valence-corrected chi connectivity index (χ0v) is 12.6. The average molecular weight is 286 g/mol. The Labute approximate surface area is 125 Å². The summed E-state index contributed by atoms with van der Waals surface area (Å²) >= 11 is 0. The van der Waals surface area contributed by atoms with Crippen LogP contribution in [0.15, 0.2) is 36.9 Å². The first kappa shape index (κ1) is 14.2. The molecule has 2 aromatic heterocycles. The minimum absolute atomic E-state index is 0.192. The second kappa shape index (κ2) is 6.37. The van der Waals surface area contributed by atoms with Crippen LogP contribution >= 0.6 is 0 Å². The van der Waals surface area contributed by atoms with Gasteiger partial charge < -0.3 is 4.74 Å². The Morgan fingerprint density at radius 1 is 1.43 bits per heavy atom. The molecule has 0 unspecified atom stereocenters. The topological polar surface area (TPSA) is 43.2 Å². The molecule has 0 aromatic carbocycles. The Hall–Kier alpha value is -1.72. The maximum atomic E-state index is 5.89. The van der Waals surface area contributed by atoms with E-state index in [2.05, 4.69) is 41.1 Å². The van der Waals surface area contributed by atoms with Crippen molar-refractivity contribution in [3.63, 3.8) is 0 Å². The predicted octanol–water partition coefficient (Wildman–Crippen LogP) is 2.05. The van der Waals surface area contributed by atoms with Crippen LogP contribution in [0.4, 0.5) is 0 Å². The van der Waals surface area contributed by atoms with Gasteiger partial charge in [-0.3, -0.25) is 14.6 Å². The van der Waals surface area contributed by atoms with E-state index in [1.54, 1.807) is 0 Å². The van der Waals surface area contributed by atoms with Crippen LogP contribution in [0.25, 0.3) is 0 Å². The summed E-state index contributed by atoms with van der Waals surface area (Å²) in [6.07, 6.45) is 7.91. The van der Waals surface area contributed by atoms with E-state index in [0.29, 0.717) is 6.04 Å². The Balaban J connectivity index is 1.63. The molecule has 0 radical (unpaired) electrons. The molecular formula is C16H22N4O. The lowest BCUT2D eigenvalue weighted by atomic mass is 10.1. The number of pyridine rings is 1. The standard InChI is InChI=1S/C16H22N4O/c1-13-8-18-20(10-13)12-16-11-19(6-7-21-16)14(2)15-4-3-5-17-9-15/h3-5,8-10,14,16H,6-7,11-12H2,1-2H3/t14-,16+/m0/s1. The Morgan fingerprint density at radius 3 is 3.05 bits per heavy atom. The van der Waals surface area contributed by atoms with Gasteiger partial charge in [-0.25, -0.2) is 0 Å². The van der Waals surface area contributed by atoms with E-state index < -0.39 is 0 Å². The van der Waals surface area contributed by atoms with Gasteiger partial charge in [-0.2, -0.15) is 5.10 Å². The summed E-state index contributed by atoms with van der Waals surface area (Å²) in [4.78, 5) is 6.68. The molecule has 0 saturated carbocycles. The van der Waals surface area contributed by atoms with Crippen LogP contribution < -0.4 is 0 Å². The van der Waals surface area contributed by atoms with Gasteiger partial charge in [0.1, 0.15) is 0 Å². The maximum Gasteiger partial charge on any atom is 0.0898 e. The first-order valence-electron chi connectivity index (χ1n) is 7.47. The molecular weight excluding hydrogens is 264 g/mol. The molecule has 21 heavy (non-hydrogen) atoms. The monoisotopic (exact) mass is 286 g/mol. The lowest BCUT2D eigenvalue weighted by Gasteiger charge is -2.36. The second-order valence-corrected chi connectivity index (χ2v) is 5.69. The van der Waals surface area contributed by atoms with Gasteiger partial charge in [0.2, 0.25) is 0 Å². The number of rotatable bonds is 4. The molecule has 2 aromatic rings. The SMILES string of the molecule is Cc1cnn(C[C@H]2CN([C@@H](C)c3cccnc3)CCO2)c1. The molecule has 1 aliphatic heterocycles. The van der Waals surface area contributed by atoms with E-state index in [9.17, 15) is 0 Å². The zero-order chi connectivity index (χ0) is 14.7. The molecule has 0 amide bonds. The molecule has 5 nitrogen and oxygen atoms in total. The molecule has 0 bridgehead atoms. The van der Waals surface area contributed by atoms with Crippen molar-refractivity contribution in [3.05, 3.63) is 48.0 Å². The molecule has 5 heteroatoms. The summed E-state index contributed by atoms with van der Waals surface area (Å²) in [5.74, 6) is 0. The van der Waals surface area contributed by atoms with Gasteiger partial charge >= 0.3 is 0 Å². The zero-order valence-electron chi connectivity index (χ0n) is 12.6. The molecule has 2 atom stereocenters. The van der Waals surface area contributed by atoms with E-state index in [1.807, 2.05) is 29.3 Å². The molecule has 3 heterocycles. The van der Waals surface area contributed by atoms with Crippen LogP contribution in [0.5, 0.6) is 0 Å². The normalized spacial score (nSPS) is 21.3. The van der Waals surface area contributed by atoms with Gasteiger partial charge in [0, 0.05) is 37.7 Å². The number of ether oxygens (including phenoxy) is 1. The molecule has 1 fully saturated rings. The molecule has 0 aliphatic carbocycles. The lowest BCUT2D eigenvalue weighted by molar-refractivity contribution is -0.0497. The molecule has 112 valence electrons. The van der Waals surface area contributed by atoms with Crippen LogP contribution in [0.1, 0.15) is 24.1 Å². The number of hydrogen-bond donors (Lipinski definition) is 0. The van der Waals surface area contributed by atoms with Gasteiger partial charge in [0.15, 0.2) is 0 Å². The highest BCUT2D eigenvalue weighted by atomic mass is 16.5. The summed E-state index contributed by atoms with van der Waals surface area (Å²) in [5.41, 5.74) is 2.44. The van der Waals surface area contributed by atoms with Gasteiger partial charge in [-0.15, -0.1) is 0 Å². The van der Waals surface area contributed by atoms with Crippen LogP contribution in [-0.4, -0.2) is 45.5 Å². The van der Waals surface area contributed by atoms with E-state index in [4.69, 9.17) is 4.74 Å². The highest BCUT2D eigenvalue weighted by molar-refractivity contribution is 5.13. The number of morpholine rings is 1. The number of hydrogen-bond acceptors (Lipinski definition) is 4. The number of aryl methyl sites for hydroxylation is 1. The van der Waals surface area contributed by atoms with Gasteiger partial charge in [-0.05, 0) is 31.0 Å². The van der Waals surface area contributed by atoms with Crippen molar-refractivity contribution in [3.8, 4) is 0 Å². The fourth-order valence-electron chi connectivity index (χ4n) is 2.81. The van der Waals surface area contributed by atoms with Crippen molar-refractivity contribution in [2.24, 2.45) is 0 Å². The molecule has 1 aliphatic rings. The smallest absolute Gasteiger partial charge is 0.0898 e. The Kier molecular flexibility index (Phi) is 4.31. The molecule has 3 rings (SSSR count). The van der Waals surface area contributed by atoms with Crippen molar-refractivity contribution >= 4 is 0 Å². The quantitative estimate of drug-likeness (QED) is 0.863. The average Bonchev–Trinajstić information content (AvgIpc) is 2.93. The van der Waals surface area contributed by atoms with E-state index in [-0.39, 0.29) is 6.10 Å². The van der Waals surface area contributed by atoms with E-state index >= 15 is 0 Å². The van der Waals surface area contributed by atoms with Crippen LogP contribution in [-0.2, 0) is 11.3 Å². The van der Waals surface area contributed by atoms with Crippen molar-refractivity contribution in [1.82, 2.24) is 19.7 Å². The molecule has 0 spiro atoms. The molecule has 0 N–H and O–H groups in total. The van der Waals surface area contributed by atoms with Crippen LogP contribution in [0.2, 0.25) is 0 Å². The summed E-state index contributed by atoms with van der Waals surface area (Å²) in [6.45, 7) is 7.76. The Bertz CT molecular complexity index is 569. The highest BCUT2D eigenvalue weighted by Gasteiger charge is 2.25. The first-order valence-corrected chi connectivity index (χ1v) is 7.47. The minimum Gasteiger partial charge on any atom is -0.374 e. The third-order valence-electron chi connectivity index (χ3n) is 4.04. The minimum atomic E-state index is 0.192. The molecule has 1 saturated heterocycles.